The minimum atomic E-state index is -5.27. The number of nitrogen functional groups attached to an aromatic ring is 1. The summed E-state index contributed by atoms with van der Waals surface area (Å²) in [5.41, 5.74) is 2.37. The van der Waals surface area contributed by atoms with Crippen LogP contribution in [0.1, 0.15) is 5.69 Å². The van der Waals surface area contributed by atoms with Crippen molar-refractivity contribution in [1.29, 1.82) is 0 Å². The maximum Gasteiger partial charge on any atom is 0.296 e. The van der Waals surface area contributed by atoms with Crippen molar-refractivity contribution in [1.82, 2.24) is 10.2 Å². The first kappa shape index (κ1) is 39.9. The number of hydrogen-bond donors (Lipinski definition) is 10. The van der Waals surface area contributed by atoms with E-state index in [2.05, 4.69) is 40.9 Å². The molecule has 23 nitrogen and oxygen atoms in total. The molecule has 0 saturated carbocycles. The predicted molar refractivity (Wildman–Crippen MR) is 188 cm³/mol. The summed E-state index contributed by atoms with van der Waals surface area (Å²) in [6.45, 7) is 1.45. The van der Waals surface area contributed by atoms with Gasteiger partial charge in [0.25, 0.3) is 10.1 Å². The van der Waals surface area contributed by atoms with Gasteiger partial charge in [-0.2, -0.15) is 13.5 Å². The van der Waals surface area contributed by atoms with Gasteiger partial charge < -0.3 is 39.3 Å². The molecular weight excluding hydrogens is 823 g/mol. The van der Waals surface area contributed by atoms with Gasteiger partial charge in [-0.1, -0.05) is 0 Å². The zero-order valence-electron chi connectivity index (χ0n) is 26.3. The van der Waals surface area contributed by atoms with Crippen molar-refractivity contribution in [3.8, 4) is 17.4 Å². The molecule has 284 valence electrons. The van der Waals surface area contributed by atoms with E-state index in [9.17, 15) is 63.3 Å². The molecule has 0 aliphatic rings. The Bertz CT molecular complexity index is 2660. The summed E-state index contributed by atoms with van der Waals surface area (Å²) in [5.74, 6) is -2.87. The number of nitrogens with zero attached hydrogens (tertiary/aromatic N) is 7. The molecule has 54 heavy (non-hydrogen) atoms. The summed E-state index contributed by atoms with van der Waals surface area (Å²) in [6.07, 6.45) is 0. The lowest BCUT2D eigenvalue weighted by atomic mass is 10.1. The Morgan fingerprint density at radius 1 is 0.648 bits per heavy atom. The van der Waals surface area contributed by atoms with E-state index in [1.807, 2.05) is 0 Å². The SMILES string of the molecule is Cc1n[nH]c(O)c1N=Nc1cc(S(=O)O)c(N=Nc2c(S(=O)O)cc3cc(S(=O)(=O)O)c(N=Nc4ccc(N)cc4S(=O)O)c(O)c3c2O)cc1S(=O)O. The Balaban J connectivity index is 1.72. The third-order valence-corrected chi connectivity index (χ3v) is 10.6. The van der Waals surface area contributed by atoms with Crippen LogP contribution in [0.3, 0.4) is 0 Å². The van der Waals surface area contributed by atoms with Crippen LogP contribution < -0.4 is 5.73 Å². The minimum Gasteiger partial charge on any atom is -0.505 e. The van der Waals surface area contributed by atoms with E-state index in [1.165, 1.54) is 13.0 Å². The first-order valence-electron chi connectivity index (χ1n) is 13.8. The number of aromatic hydroxyl groups is 3. The molecule has 1 aromatic heterocycles. The smallest absolute Gasteiger partial charge is 0.296 e. The summed E-state index contributed by atoms with van der Waals surface area (Å²) in [6, 6.07) is 6.41. The van der Waals surface area contributed by atoms with E-state index in [0.717, 1.165) is 30.3 Å². The van der Waals surface area contributed by atoms with Crippen molar-refractivity contribution in [2.45, 2.75) is 31.4 Å². The van der Waals surface area contributed by atoms with Crippen LogP contribution in [-0.4, -0.2) is 73.5 Å². The molecule has 0 aliphatic heterocycles. The van der Waals surface area contributed by atoms with Gasteiger partial charge in [0.05, 0.1) is 30.7 Å². The maximum absolute atomic E-state index is 12.4. The number of nitrogens with one attached hydrogen (secondary N) is 1. The summed E-state index contributed by atoms with van der Waals surface area (Å²) >= 11 is -11.5. The fourth-order valence-electron chi connectivity index (χ4n) is 4.56. The van der Waals surface area contributed by atoms with Crippen LogP contribution in [0.25, 0.3) is 10.8 Å². The topological polar surface area (TPSA) is 393 Å². The van der Waals surface area contributed by atoms with Gasteiger partial charge in [-0.05, 0) is 54.8 Å². The molecule has 0 amide bonds. The van der Waals surface area contributed by atoms with E-state index >= 15 is 0 Å². The van der Waals surface area contributed by atoms with Gasteiger partial charge in [0.15, 0.2) is 61.5 Å². The molecule has 0 radical (unpaired) electrons. The molecule has 11 N–H and O–H groups in total. The highest BCUT2D eigenvalue weighted by atomic mass is 32.2. The number of aryl methyl sites for hydroxylation is 1. The van der Waals surface area contributed by atoms with Crippen LogP contribution >= 0.6 is 0 Å². The van der Waals surface area contributed by atoms with Gasteiger partial charge in [-0.15, -0.1) is 30.7 Å². The average Bonchev–Trinajstić information content (AvgIpc) is 3.41. The first-order chi connectivity index (χ1) is 25.3. The Morgan fingerprint density at radius 3 is 1.63 bits per heavy atom. The number of azo groups is 3. The van der Waals surface area contributed by atoms with Crippen LogP contribution in [0.15, 0.2) is 97.6 Å². The Labute approximate surface area is 310 Å². The van der Waals surface area contributed by atoms with Crippen molar-refractivity contribution in [2.75, 3.05) is 5.73 Å². The quantitative estimate of drug-likeness (QED) is 0.0345. The Morgan fingerprint density at radius 2 is 1.13 bits per heavy atom. The highest BCUT2D eigenvalue weighted by Gasteiger charge is 2.28. The highest BCUT2D eigenvalue weighted by Crippen LogP contribution is 2.50. The van der Waals surface area contributed by atoms with Crippen molar-refractivity contribution in [3.63, 3.8) is 0 Å². The van der Waals surface area contributed by atoms with Gasteiger partial charge in [0.1, 0.15) is 33.3 Å². The standard InChI is InChI=1S/C26H21N9O14S5/c1-9-21(26(38)35-28-9)32-30-13-7-17(52(43)44)14(8-16(13)51(41)42)31-33-22-18(53(45)46)4-10-5-19(54(47,48)49)23(25(37)20(10)24(22)36)34-29-12-3-2-11(27)6-15(12)50(39)40/h2-8,36-37H,27H2,1H3,(H,39,40)(H,41,42)(H,43,44)(H,45,46)(H2,28,35,38)(H,47,48,49). The number of benzene rings is 4. The number of fused-ring (bicyclic) bond motifs is 1. The lowest BCUT2D eigenvalue weighted by Gasteiger charge is -2.13. The number of anilines is 1. The summed E-state index contributed by atoms with van der Waals surface area (Å²) in [5, 5.41) is 59.3. The molecule has 4 atom stereocenters. The predicted octanol–water partition coefficient (Wildman–Crippen LogP) is 5.39. The molecule has 0 spiro atoms. The van der Waals surface area contributed by atoms with Gasteiger partial charge in [-0.25, -0.2) is 21.9 Å². The zero-order chi connectivity index (χ0) is 39.8. The first-order valence-corrected chi connectivity index (χ1v) is 19.7. The van der Waals surface area contributed by atoms with E-state index in [-0.39, 0.29) is 27.7 Å². The molecule has 0 aliphatic carbocycles. The third-order valence-electron chi connectivity index (χ3n) is 6.98. The maximum atomic E-state index is 12.4. The molecule has 4 unspecified atom stereocenters. The summed E-state index contributed by atoms with van der Waals surface area (Å²) < 4.78 is 123. The molecule has 0 fully saturated rings. The Hall–Kier alpha value is -5.30. The number of aromatic nitrogens is 2. The number of hydrogen-bond acceptors (Lipinski definition) is 17. The van der Waals surface area contributed by atoms with E-state index in [0.29, 0.717) is 6.07 Å². The van der Waals surface area contributed by atoms with E-state index in [4.69, 9.17) is 5.73 Å². The van der Waals surface area contributed by atoms with Gasteiger partial charge in [-0.3, -0.25) is 4.55 Å². The molecule has 5 aromatic rings. The number of phenols is 2. The van der Waals surface area contributed by atoms with Crippen molar-refractivity contribution < 1.29 is 63.3 Å². The van der Waals surface area contributed by atoms with Crippen molar-refractivity contribution in [2.24, 2.45) is 30.7 Å². The van der Waals surface area contributed by atoms with Gasteiger partial charge in [0, 0.05) is 5.69 Å². The number of rotatable bonds is 11. The minimum absolute atomic E-state index is 0.0449. The normalized spacial score (nSPS) is 14.7. The molecule has 0 saturated heterocycles. The van der Waals surface area contributed by atoms with E-state index in [1.54, 1.807) is 0 Å². The Kier molecular flexibility index (Phi) is 11.5. The molecule has 28 heteroatoms. The van der Waals surface area contributed by atoms with E-state index < -0.39 is 125 Å². The summed E-state index contributed by atoms with van der Waals surface area (Å²) in [4.78, 5) is -3.47. The molecular formula is C26H21N9O14S5. The van der Waals surface area contributed by atoms with Crippen LogP contribution in [0.5, 0.6) is 17.4 Å². The van der Waals surface area contributed by atoms with Crippen LogP contribution in [-0.2, 0) is 54.4 Å². The molecule has 1 heterocycles. The van der Waals surface area contributed by atoms with Gasteiger partial charge in [0.2, 0.25) is 5.88 Å². The fraction of sp³-hybridized carbons (Fsp3) is 0.0385. The molecule has 5 rings (SSSR count). The number of H-pyrrole nitrogens is 1. The largest absolute Gasteiger partial charge is 0.505 e. The second-order valence-corrected chi connectivity index (χ2v) is 15.5. The highest BCUT2D eigenvalue weighted by molar-refractivity contribution is 7.86. The summed E-state index contributed by atoms with van der Waals surface area (Å²) in [7, 11) is -5.27. The third kappa shape index (κ3) is 8.10. The van der Waals surface area contributed by atoms with Crippen LogP contribution in [0, 0.1) is 6.92 Å². The lowest BCUT2D eigenvalue weighted by Crippen LogP contribution is -2.00. The number of nitrogens with two attached hydrogens (primary N) is 1. The second-order valence-electron chi connectivity index (χ2n) is 10.3. The van der Waals surface area contributed by atoms with Crippen LogP contribution in [0.4, 0.5) is 39.8 Å². The lowest BCUT2D eigenvalue weighted by molar-refractivity contribution is 0.453. The second kappa shape index (κ2) is 15.6. The van der Waals surface area contributed by atoms with Crippen LogP contribution in [0.2, 0.25) is 0 Å². The molecule has 4 aromatic carbocycles. The number of aromatic amines is 1. The fourth-order valence-corrected chi connectivity index (χ4v) is 7.25. The van der Waals surface area contributed by atoms with Gasteiger partial charge >= 0.3 is 0 Å². The van der Waals surface area contributed by atoms with Crippen molar-refractivity contribution in [3.05, 3.63) is 48.2 Å². The average molecular weight is 844 g/mol. The van der Waals surface area contributed by atoms with Crippen molar-refractivity contribution >= 4 is 105 Å². The molecule has 0 bridgehead atoms. The number of phenolic OH excluding ortho intramolecular Hbond substituents is 2. The zero-order valence-corrected chi connectivity index (χ0v) is 30.4. The monoisotopic (exact) mass is 843 g/mol.